The Hall–Kier alpha value is -0.630. The second kappa shape index (κ2) is 5.43. The van der Waals surface area contributed by atoms with Crippen molar-refractivity contribution >= 4 is 0 Å². The zero-order valence-electron chi connectivity index (χ0n) is 15.7. The maximum absolute atomic E-state index is 14.1. The first-order chi connectivity index (χ1) is 11.3. The number of aliphatic hydroxyl groups is 1. The Kier molecular flexibility index (Phi) is 3.81. The number of fused-ring (bicyclic) bond motifs is 5. The highest BCUT2D eigenvalue weighted by Crippen LogP contribution is 2.66. The molecule has 0 radical (unpaired) electrons. The number of hydrogen-bond acceptors (Lipinski definition) is 1. The van der Waals surface area contributed by atoms with E-state index in [1.165, 1.54) is 18.4 Å². The van der Waals surface area contributed by atoms with Crippen molar-refractivity contribution in [1.29, 1.82) is 0 Å². The van der Waals surface area contributed by atoms with Gasteiger partial charge in [-0.25, -0.2) is 4.39 Å². The van der Waals surface area contributed by atoms with Crippen LogP contribution in [0.2, 0.25) is 0 Å². The topological polar surface area (TPSA) is 20.2 Å². The zero-order valence-corrected chi connectivity index (χ0v) is 15.7. The standard InChI is InChI=1S/C22H33FO/c1-13-16-6-5-15-18-8-7-17(14(2)23)22(18,4)11-9-19(15)21(16,3)12-10-20(13)24/h6,13,15,18-20,24H,5,7-12H2,1-4H3/t13?,15?,18?,19?,20?,21-,22+/m0/s1. The van der Waals surface area contributed by atoms with Gasteiger partial charge >= 0.3 is 0 Å². The molecule has 1 N–H and O–H groups in total. The summed E-state index contributed by atoms with van der Waals surface area (Å²) in [5.74, 6) is 2.48. The van der Waals surface area contributed by atoms with Crippen molar-refractivity contribution in [3.63, 3.8) is 0 Å². The van der Waals surface area contributed by atoms with Gasteiger partial charge in [0.1, 0.15) is 0 Å². The van der Waals surface area contributed by atoms with Crippen molar-refractivity contribution in [2.75, 3.05) is 0 Å². The first-order valence-corrected chi connectivity index (χ1v) is 10.0. The molecule has 0 spiro atoms. The fourth-order valence-corrected chi connectivity index (χ4v) is 7.44. The van der Waals surface area contributed by atoms with E-state index in [2.05, 4.69) is 26.8 Å². The monoisotopic (exact) mass is 332 g/mol. The van der Waals surface area contributed by atoms with Crippen molar-refractivity contribution in [2.45, 2.75) is 78.7 Å². The first-order valence-electron chi connectivity index (χ1n) is 10.0. The van der Waals surface area contributed by atoms with Crippen molar-refractivity contribution in [3.05, 3.63) is 23.0 Å². The average Bonchev–Trinajstić information content (AvgIpc) is 2.89. The minimum atomic E-state index is -0.162. The van der Waals surface area contributed by atoms with E-state index in [1.54, 1.807) is 6.92 Å². The van der Waals surface area contributed by atoms with E-state index >= 15 is 0 Å². The van der Waals surface area contributed by atoms with E-state index in [0.29, 0.717) is 17.8 Å². The molecule has 4 rings (SSSR count). The molecule has 5 unspecified atom stereocenters. The van der Waals surface area contributed by atoms with E-state index in [0.717, 1.165) is 43.6 Å². The Morgan fingerprint density at radius 1 is 1.12 bits per heavy atom. The number of aliphatic hydroxyl groups excluding tert-OH is 1. The predicted molar refractivity (Wildman–Crippen MR) is 96.1 cm³/mol. The van der Waals surface area contributed by atoms with Gasteiger partial charge in [-0.1, -0.05) is 32.4 Å². The molecule has 0 aromatic carbocycles. The summed E-state index contributed by atoms with van der Waals surface area (Å²) in [6, 6.07) is 0. The highest BCUT2D eigenvalue weighted by atomic mass is 19.1. The molecule has 0 amide bonds. The highest BCUT2D eigenvalue weighted by Gasteiger charge is 2.58. The van der Waals surface area contributed by atoms with Crippen LogP contribution in [0.4, 0.5) is 4.39 Å². The normalized spacial score (nSPS) is 52.9. The molecule has 0 aliphatic heterocycles. The van der Waals surface area contributed by atoms with Gasteiger partial charge in [0, 0.05) is 5.92 Å². The van der Waals surface area contributed by atoms with Gasteiger partial charge in [0.15, 0.2) is 0 Å². The van der Waals surface area contributed by atoms with Crippen molar-refractivity contribution < 1.29 is 9.50 Å². The molecule has 0 aromatic rings. The lowest BCUT2D eigenvalue weighted by atomic mass is 9.46. The van der Waals surface area contributed by atoms with Crippen LogP contribution in [0.25, 0.3) is 0 Å². The molecule has 7 atom stereocenters. The zero-order chi connectivity index (χ0) is 17.3. The molecule has 4 aliphatic carbocycles. The Balaban J connectivity index is 1.71. The lowest BCUT2D eigenvalue weighted by molar-refractivity contribution is -0.0390. The van der Waals surface area contributed by atoms with Crippen LogP contribution in [0.15, 0.2) is 23.0 Å². The van der Waals surface area contributed by atoms with Gasteiger partial charge in [-0.15, -0.1) is 0 Å². The molecule has 0 aromatic heterocycles. The van der Waals surface area contributed by atoms with Crippen LogP contribution >= 0.6 is 0 Å². The average molecular weight is 333 g/mol. The van der Waals surface area contributed by atoms with Crippen LogP contribution in [0.5, 0.6) is 0 Å². The van der Waals surface area contributed by atoms with Crippen LogP contribution in [0, 0.1) is 34.5 Å². The summed E-state index contributed by atoms with van der Waals surface area (Å²) >= 11 is 0. The molecule has 0 bridgehead atoms. The first kappa shape index (κ1) is 16.8. The lowest BCUT2D eigenvalue weighted by Gasteiger charge is -2.58. The third kappa shape index (κ3) is 2.08. The Labute approximate surface area is 146 Å². The number of halogens is 1. The quantitative estimate of drug-likeness (QED) is 0.556. The molecule has 0 heterocycles. The van der Waals surface area contributed by atoms with Gasteiger partial charge in [0.05, 0.1) is 11.9 Å². The molecule has 1 nitrogen and oxygen atoms in total. The second-order valence-electron chi connectivity index (χ2n) is 9.59. The SMILES string of the molecule is CC(F)=C1CCC2C3CC=C4C(C)C(O)CC[C@]4(C)C3CC[C@]12C. The van der Waals surface area contributed by atoms with Crippen molar-refractivity contribution in [2.24, 2.45) is 34.5 Å². The smallest absolute Gasteiger partial charge is 0.0966 e. The molecule has 3 fully saturated rings. The summed E-state index contributed by atoms with van der Waals surface area (Å²) in [6.07, 6.45) is 10.0. The summed E-state index contributed by atoms with van der Waals surface area (Å²) in [5.41, 5.74) is 3.02. The summed E-state index contributed by atoms with van der Waals surface area (Å²) in [6.45, 7) is 8.68. The molecule has 134 valence electrons. The van der Waals surface area contributed by atoms with Crippen molar-refractivity contribution in [1.82, 2.24) is 0 Å². The summed E-state index contributed by atoms with van der Waals surface area (Å²) in [4.78, 5) is 0. The van der Waals surface area contributed by atoms with E-state index in [9.17, 15) is 9.50 Å². The van der Waals surface area contributed by atoms with Gasteiger partial charge < -0.3 is 5.11 Å². The molecule has 3 saturated carbocycles. The van der Waals surface area contributed by atoms with Crippen LogP contribution in [-0.4, -0.2) is 11.2 Å². The van der Waals surface area contributed by atoms with Crippen LogP contribution < -0.4 is 0 Å². The van der Waals surface area contributed by atoms with E-state index in [-0.39, 0.29) is 22.8 Å². The molecule has 4 aliphatic rings. The third-order valence-electron chi connectivity index (χ3n) is 8.75. The van der Waals surface area contributed by atoms with Gasteiger partial charge in [-0.2, -0.15) is 0 Å². The van der Waals surface area contributed by atoms with Crippen LogP contribution in [0.3, 0.4) is 0 Å². The molecular weight excluding hydrogens is 299 g/mol. The van der Waals surface area contributed by atoms with Crippen LogP contribution in [-0.2, 0) is 0 Å². The van der Waals surface area contributed by atoms with Gasteiger partial charge in [-0.3, -0.25) is 0 Å². The number of hydrogen-bond donors (Lipinski definition) is 1. The maximum Gasteiger partial charge on any atom is 0.0966 e. The number of rotatable bonds is 0. The summed E-state index contributed by atoms with van der Waals surface area (Å²) < 4.78 is 14.1. The van der Waals surface area contributed by atoms with Gasteiger partial charge in [0.2, 0.25) is 0 Å². The van der Waals surface area contributed by atoms with E-state index in [1.807, 2.05) is 0 Å². The Morgan fingerprint density at radius 2 is 1.79 bits per heavy atom. The van der Waals surface area contributed by atoms with Gasteiger partial charge in [-0.05, 0) is 86.0 Å². The maximum atomic E-state index is 14.1. The lowest BCUT2D eigenvalue weighted by Crippen LogP contribution is -2.51. The second-order valence-corrected chi connectivity index (χ2v) is 9.59. The number of allylic oxidation sites excluding steroid dienone is 3. The van der Waals surface area contributed by atoms with Gasteiger partial charge in [0.25, 0.3) is 0 Å². The predicted octanol–water partition coefficient (Wildman–Crippen LogP) is 5.80. The Morgan fingerprint density at radius 3 is 2.50 bits per heavy atom. The van der Waals surface area contributed by atoms with Crippen molar-refractivity contribution in [3.8, 4) is 0 Å². The Bertz CT molecular complexity index is 601. The molecule has 2 heteroatoms. The molecule has 24 heavy (non-hydrogen) atoms. The fraction of sp³-hybridized carbons (Fsp3) is 0.818. The largest absolute Gasteiger partial charge is 0.393 e. The molecular formula is C22H33FO. The van der Waals surface area contributed by atoms with E-state index < -0.39 is 0 Å². The minimum absolute atomic E-state index is 0.0890. The highest BCUT2D eigenvalue weighted by molar-refractivity contribution is 5.31. The van der Waals surface area contributed by atoms with E-state index in [4.69, 9.17) is 0 Å². The summed E-state index contributed by atoms with van der Waals surface area (Å²) in [5, 5.41) is 10.3. The minimum Gasteiger partial charge on any atom is -0.393 e. The fourth-order valence-electron chi connectivity index (χ4n) is 7.44. The summed E-state index contributed by atoms with van der Waals surface area (Å²) in [7, 11) is 0. The third-order valence-corrected chi connectivity index (χ3v) is 8.75. The van der Waals surface area contributed by atoms with Crippen LogP contribution in [0.1, 0.15) is 72.6 Å². The molecule has 0 saturated heterocycles.